The Labute approximate surface area is 195 Å². The fraction of sp³-hybridized carbons (Fsp3) is 0.440. The highest BCUT2D eigenvalue weighted by molar-refractivity contribution is 7.99. The monoisotopic (exact) mass is 460 g/mol. The van der Waals surface area contributed by atoms with Gasteiger partial charge in [0.15, 0.2) is 0 Å². The van der Waals surface area contributed by atoms with Crippen LogP contribution in [0.2, 0.25) is 5.02 Å². The SMILES string of the molecule is CCCNC(=O)C(CC)N(Cc1ccc(Cl)cc1)C(=O)CSCc1cc(C)cc(C)c1. The molecule has 0 bridgehead atoms. The van der Waals surface area contributed by atoms with Crippen LogP contribution in [0.15, 0.2) is 42.5 Å². The van der Waals surface area contributed by atoms with Crippen LogP contribution in [0.4, 0.5) is 0 Å². The van der Waals surface area contributed by atoms with Gasteiger partial charge in [-0.3, -0.25) is 9.59 Å². The Hall–Kier alpha value is -1.98. The molecule has 1 atom stereocenters. The van der Waals surface area contributed by atoms with Crippen molar-refractivity contribution in [3.63, 3.8) is 0 Å². The van der Waals surface area contributed by atoms with Crippen molar-refractivity contribution in [2.24, 2.45) is 0 Å². The van der Waals surface area contributed by atoms with Gasteiger partial charge in [0.2, 0.25) is 11.8 Å². The van der Waals surface area contributed by atoms with E-state index >= 15 is 0 Å². The van der Waals surface area contributed by atoms with Crippen LogP contribution in [0.1, 0.15) is 48.9 Å². The zero-order valence-corrected chi connectivity index (χ0v) is 20.5. The van der Waals surface area contributed by atoms with E-state index in [-0.39, 0.29) is 11.8 Å². The number of hydrogen-bond acceptors (Lipinski definition) is 3. The molecule has 0 aliphatic carbocycles. The number of nitrogens with one attached hydrogen (secondary N) is 1. The molecule has 2 aromatic carbocycles. The first-order chi connectivity index (χ1) is 14.8. The van der Waals surface area contributed by atoms with Gasteiger partial charge in [-0.2, -0.15) is 0 Å². The van der Waals surface area contributed by atoms with Crippen molar-refractivity contribution in [1.29, 1.82) is 0 Å². The number of amides is 2. The van der Waals surface area contributed by atoms with Crippen LogP contribution in [0.3, 0.4) is 0 Å². The number of carbonyl (C=O) groups excluding carboxylic acids is 2. The number of halogens is 1. The Balaban J connectivity index is 2.11. The number of carbonyl (C=O) groups is 2. The largest absolute Gasteiger partial charge is 0.354 e. The minimum atomic E-state index is -0.489. The van der Waals surface area contributed by atoms with Gasteiger partial charge in [-0.25, -0.2) is 0 Å². The van der Waals surface area contributed by atoms with Crippen LogP contribution < -0.4 is 5.32 Å². The molecule has 2 rings (SSSR count). The van der Waals surface area contributed by atoms with Crippen LogP contribution in [0.5, 0.6) is 0 Å². The molecule has 2 amide bonds. The van der Waals surface area contributed by atoms with Crippen molar-refractivity contribution in [2.45, 2.75) is 58.9 Å². The summed E-state index contributed by atoms with van der Waals surface area (Å²) in [4.78, 5) is 27.7. The van der Waals surface area contributed by atoms with Crippen LogP contribution in [0.25, 0.3) is 0 Å². The molecule has 0 fully saturated rings. The molecular formula is C25H33ClN2O2S. The Kier molecular flexibility index (Phi) is 10.4. The predicted molar refractivity (Wildman–Crippen MR) is 131 cm³/mol. The number of aryl methyl sites for hydroxylation is 2. The number of hydrogen-bond donors (Lipinski definition) is 1. The van der Waals surface area contributed by atoms with Crippen molar-refractivity contribution < 1.29 is 9.59 Å². The second kappa shape index (κ2) is 12.8. The Bertz CT molecular complexity index is 850. The minimum Gasteiger partial charge on any atom is -0.354 e. The lowest BCUT2D eigenvalue weighted by Crippen LogP contribution is -2.49. The molecule has 1 N–H and O–H groups in total. The summed E-state index contributed by atoms with van der Waals surface area (Å²) >= 11 is 7.60. The summed E-state index contributed by atoms with van der Waals surface area (Å²) in [7, 11) is 0. The van der Waals surface area contributed by atoms with Gasteiger partial charge in [-0.05, 0) is 49.9 Å². The predicted octanol–water partition coefficient (Wildman–Crippen LogP) is 5.52. The molecule has 0 saturated carbocycles. The Morgan fingerprint density at radius 3 is 2.26 bits per heavy atom. The van der Waals surface area contributed by atoms with E-state index in [4.69, 9.17) is 11.6 Å². The van der Waals surface area contributed by atoms with Gasteiger partial charge in [-0.15, -0.1) is 11.8 Å². The minimum absolute atomic E-state index is 0.0252. The summed E-state index contributed by atoms with van der Waals surface area (Å²) in [5.41, 5.74) is 4.63. The van der Waals surface area contributed by atoms with Crippen LogP contribution in [0, 0.1) is 13.8 Å². The fourth-order valence-corrected chi connectivity index (χ4v) is 4.53. The second-order valence-electron chi connectivity index (χ2n) is 7.85. The summed E-state index contributed by atoms with van der Waals surface area (Å²) in [6, 6.07) is 13.4. The fourth-order valence-electron chi connectivity index (χ4n) is 3.56. The maximum Gasteiger partial charge on any atom is 0.242 e. The third kappa shape index (κ3) is 8.23. The van der Waals surface area contributed by atoms with Gasteiger partial charge in [0.05, 0.1) is 5.75 Å². The Morgan fingerprint density at radius 2 is 1.68 bits per heavy atom. The number of rotatable bonds is 11. The zero-order chi connectivity index (χ0) is 22.8. The number of nitrogens with zero attached hydrogens (tertiary/aromatic N) is 1. The molecule has 31 heavy (non-hydrogen) atoms. The summed E-state index contributed by atoms with van der Waals surface area (Å²) < 4.78 is 0. The molecule has 0 aliphatic rings. The number of thioether (sulfide) groups is 1. The molecule has 0 saturated heterocycles. The molecule has 168 valence electrons. The summed E-state index contributed by atoms with van der Waals surface area (Å²) in [6.45, 7) is 9.13. The van der Waals surface area contributed by atoms with E-state index in [9.17, 15) is 9.59 Å². The van der Waals surface area contributed by atoms with Crippen LogP contribution >= 0.6 is 23.4 Å². The molecule has 0 aliphatic heterocycles. The highest BCUT2D eigenvalue weighted by Crippen LogP contribution is 2.19. The van der Waals surface area contributed by atoms with Gasteiger partial charge in [-0.1, -0.05) is 66.9 Å². The molecule has 2 aromatic rings. The van der Waals surface area contributed by atoms with E-state index in [1.165, 1.54) is 16.7 Å². The maximum absolute atomic E-state index is 13.2. The molecule has 0 radical (unpaired) electrons. The molecule has 4 nitrogen and oxygen atoms in total. The third-order valence-corrected chi connectivity index (χ3v) is 6.22. The Morgan fingerprint density at radius 1 is 1.03 bits per heavy atom. The lowest BCUT2D eigenvalue weighted by molar-refractivity contribution is -0.139. The van der Waals surface area contributed by atoms with Crippen molar-refractivity contribution in [1.82, 2.24) is 10.2 Å². The average Bonchev–Trinajstić information content (AvgIpc) is 2.72. The number of benzene rings is 2. The first-order valence-electron chi connectivity index (χ1n) is 10.8. The second-order valence-corrected chi connectivity index (χ2v) is 9.27. The van der Waals surface area contributed by atoms with Crippen molar-refractivity contribution in [3.05, 3.63) is 69.7 Å². The van der Waals surface area contributed by atoms with E-state index in [1.54, 1.807) is 16.7 Å². The van der Waals surface area contributed by atoms with E-state index in [0.717, 1.165) is 17.7 Å². The summed E-state index contributed by atoms with van der Waals surface area (Å²) in [6.07, 6.45) is 1.43. The average molecular weight is 461 g/mol. The lowest BCUT2D eigenvalue weighted by Gasteiger charge is -2.30. The maximum atomic E-state index is 13.2. The molecule has 0 aromatic heterocycles. The lowest BCUT2D eigenvalue weighted by atomic mass is 10.1. The molecular weight excluding hydrogens is 428 g/mol. The van der Waals surface area contributed by atoms with Gasteiger partial charge in [0.25, 0.3) is 0 Å². The zero-order valence-electron chi connectivity index (χ0n) is 18.9. The van der Waals surface area contributed by atoms with Crippen molar-refractivity contribution in [2.75, 3.05) is 12.3 Å². The van der Waals surface area contributed by atoms with Crippen molar-refractivity contribution in [3.8, 4) is 0 Å². The normalized spacial score (nSPS) is 11.8. The van der Waals surface area contributed by atoms with E-state index in [1.807, 2.05) is 38.1 Å². The molecule has 1 unspecified atom stereocenters. The van der Waals surface area contributed by atoms with Gasteiger partial charge in [0, 0.05) is 23.9 Å². The van der Waals surface area contributed by atoms with Crippen LogP contribution in [-0.4, -0.2) is 35.1 Å². The highest BCUT2D eigenvalue weighted by atomic mass is 35.5. The van der Waals surface area contributed by atoms with E-state index in [0.29, 0.717) is 30.3 Å². The quantitative estimate of drug-likeness (QED) is 0.480. The first-order valence-corrected chi connectivity index (χ1v) is 12.3. The summed E-state index contributed by atoms with van der Waals surface area (Å²) in [5.74, 6) is 0.980. The van der Waals surface area contributed by atoms with Gasteiger partial charge in [0.1, 0.15) is 6.04 Å². The smallest absolute Gasteiger partial charge is 0.242 e. The summed E-state index contributed by atoms with van der Waals surface area (Å²) in [5, 5.41) is 3.60. The molecule has 0 spiro atoms. The molecule has 0 heterocycles. The third-order valence-electron chi connectivity index (χ3n) is 4.98. The standard InChI is InChI=1S/C25H33ClN2O2S/c1-5-11-27-25(30)23(6-2)28(15-20-7-9-22(26)10-8-20)24(29)17-31-16-21-13-18(3)12-19(4)14-21/h7-10,12-14,23H,5-6,11,15-17H2,1-4H3,(H,27,30). The topological polar surface area (TPSA) is 49.4 Å². The van der Waals surface area contributed by atoms with Gasteiger partial charge < -0.3 is 10.2 Å². The van der Waals surface area contributed by atoms with Crippen molar-refractivity contribution >= 4 is 35.2 Å². The first kappa shape index (κ1) is 25.3. The van der Waals surface area contributed by atoms with Gasteiger partial charge >= 0.3 is 0 Å². The van der Waals surface area contributed by atoms with E-state index < -0.39 is 6.04 Å². The van der Waals surface area contributed by atoms with Crippen LogP contribution in [-0.2, 0) is 21.9 Å². The molecule has 6 heteroatoms. The van der Waals surface area contributed by atoms with E-state index in [2.05, 4.69) is 37.4 Å². The highest BCUT2D eigenvalue weighted by Gasteiger charge is 2.28.